The highest BCUT2D eigenvalue weighted by Crippen LogP contribution is 2.28. The summed E-state index contributed by atoms with van der Waals surface area (Å²) < 4.78 is 78.9. The second-order valence-corrected chi connectivity index (χ2v) is 9.12. The second-order valence-electron chi connectivity index (χ2n) is 7.62. The highest BCUT2D eigenvalue weighted by molar-refractivity contribution is 7.85. The molecule has 2 rings (SSSR count). The summed E-state index contributed by atoms with van der Waals surface area (Å²) in [5.74, 6) is -4.95. The Bertz CT molecular complexity index is 1040. The van der Waals surface area contributed by atoms with Crippen LogP contribution in [0.2, 0.25) is 0 Å². The Morgan fingerprint density at radius 1 is 1.09 bits per heavy atom. The normalized spacial score (nSPS) is 19.4. The van der Waals surface area contributed by atoms with E-state index in [9.17, 15) is 31.2 Å². The first-order chi connectivity index (χ1) is 15.8. The Kier molecular flexibility index (Phi) is 9.47. The van der Waals surface area contributed by atoms with Gasteiger partial charge < -0.3 is 9.47 Å². The number of hydrogen-bond acceptors (Lipinski definition) is 6. The number of rotatable bonds is 9. The van der Waals surface area contributed by atoms with Crippen LogP contribution in [-0.4, -0.2) is 72.6 Å². The average Bonchev–Trinajstić information content (AvgIpc) is 2.76. The third kappa shape index (κ3) is 7.66. The van der Waals surface area contributed by atoms with Crippen molar-refractivity contribution < 1.29 is 45.2 Å². The first kappa shape index (κ1) is 28.0. The zero-order valence-corrected chi connectivity index (χ0v) is 18.8. The number of carbonyl (C=O) groups is 2. The van der Waals surface area contributed by atoms with Gasteiger partial charge in [0.15, 0.2) is 0 Å². The van der Waals surface area contributed by atoms with E-state index in [0.29, 0.717) is 16.7 Å². The first-order valence-corrected chi connectivity index (χ1v) is 11.8. The van der Waals surface area contributed by atoms with Crippen LogP contribution in [0.1, 0.15) is 39.9 Å². The van der Waals surface area contributed by atoms with Crippen molar-refractivity contribution in [1.29, 1.82) is 0 Å². The molecule has 3 atom stereocenters. The number of benzene rings is 1. The maximum absolute atomic E-state index is 13.0. The molecule has 0 saturated carbocycles. The standard InChI is InChI=1S/C20H20B3F3O7S/c21-7-11-5-13(8-22)16(9-23)15(6-11)19(28)32-14-3-1-12(2-4-14)18(27)33-17(20(24,25)26)10-34(29,30)31/h1,3,5-6,12,14,17H,2,4,7-10H2,(H,29,30,31). The van der Waals surface area contributed by atoms with Gasteiger partial charge in [0.1, 0.15) is 11.9 Å². The fourth-order valence-electron chi connectivity index (χ4n) is 3.43. The predicted octanol–water partition coefficient (Wildman–Crippen LogP) is 1.55. The van der Waals surface area contributed by atoms with Crippen molar-refractivity contribution in [3.05, 3.63) is 46.5 Å². The van der Waals surface area contributed by atoms with Crippen molar-refractivity contribution >= 4 is 45.6 Å². The van der Waals surface area contributed by atoms with Crippen molar-refractivity contribution in [3.63, 3.8) is 0 Å². The number of ether oxygens (including phenoxy) is 2. The summed E-state index contributed by atoms with van der Waals surface area (Å²) in [4.78, 5) is 24.9. The van der Waals surface area contributed by atoms with E-state index in [1.807, 2.05) is 0 Å². The van der Waals surface area contributed by atoms with Crippen LogP contribution in [0.3, 0.4) is 0 Å². The smallest absolute Gasteiger partial charge is 0.426 e. The van der Waals surface area contributed by atoms with E-state index >= 15 is 0 Å². The van der Waals surface area contributed by atoms with E-state index < -0.39 is 52.1 Å². The van der Waals surface area contributed by atoms with Gasteiger partial charge in [-0.2, -0.15) is 21.6 Å². The Morgan fingerprint density at radius 3 is 2.24 bits per heavy atom. The Morgan fingerprint density at radius 2 is 1.76 bits per heavy atom. The maximum Gasteiger partial charge on any atom is 0.426 e. The molecular weight excluding hydrogens is 474 g/mol. The average molecular weight is 494 g/mol. The fraction of sp³-hybridized carbons (Fsp3) is 0.500. The van der Waals surface area contributed by atoms with Crippen molar-refractivity contribution in [1.82, 2.24) is 0 Å². The van der Waals surface area contributed by atoms with E-state index in [-0.39, 0.29) is 37.4 Å². The van der Waals surface area contributed by atoms with Gasteiger partial charge in [0.2, 0.25) is 6.10 Å². The maximum atomic E-state index is 13.0. The van der Waals surface area contributed by atoms with Crippen molar-refractivity contribution in [2.24, 2.45) is 5.92 Å². The quantitative estimate of drug-likeness (QED) is 0.241. The molecule has 34 heavy (non-hydrogen) atoms. The molecule has 0 saturated heterocycles. The molecule has 1 aliphatic rings. The molecule has 1 aromatic rings. The molecule has 7 nitrogen and oxygen atoms in total. The molecule has 0 fully saturated rings. The highest BCUT2D eigenvalue weighted by atomic mass is 32.2. The van der Waals surface area contributed by atoms with Gasteiger partial charge in [0, 0.05) is 0 Å². The molecule has 0 aliphatic heterocycles. The molecule has 0 heterocycles. The van der Waals surface area contributed by atoms with E-state index in [1.54, 1.807) is 12.1 Å². The predicted molar refractivity (Wildman–Crippen MR) is 118 cm³/mol. The molecule has 6 radical (unpaired) electrons. The summed E-state index contributed by atoms with van der Waals surface area (Å²) in [5.41, 5.74) is 1.99. The number of carbonyl (C=O) groups excluding carboxylic acids is 2. The third-order valence-electron chi connectivity index (χ3n) is 5.15. The Labute approximate surface area is 199 Å². The van der Waals surface area contributed by atoms with Crippen molar-refractivity contribution in [2.45, 2.75) is 50.2 Å². The van der Waals surface area contributed by atoms with Crippen molar-refractivity contribution in [2.75, 3.05) is 5.75 Å². The van der Waals surface area contributed by atoms with Crippen LogP contribution in [0.4, 0.5) is 13.2 Å². The van der Waals surface area contributed by atoms with Crippen LogP contribution >= 0.6 is 0 Å². The fourth-order valence-corrected chi connectivity index (χ4v) is 4.06. The summed E-state index contributed by atoms with van der Waals surface area (Å²) in [7, 11) is 12.1. The molecule has 0 aromatic heterocycles. The molecule has 0 spiro atoms. The monoisotopic (exact) mass is 494 g/mol. The number of alkyl halides is 3. The first-order valence-electron chi connectivity index (χ1n) is 10.2. The lowest BCUT2D eigenvalue weighted by Gasteiger charge is -2.25. The van der Waals surface area contributed by atoms with Crippen LogP contribution < -0.4 is 0 Å². The molecule has 3 unspecified atom stereocenters. The molecule has 1 aliphatic carbocycles. The van der Waals surface area contributed by atoms with Crippen LogP contribution in [0.5, 0.6) is 0 Å². The molecule has 14 heteroatoms. The molecule has 178 valence electrons. The number of hydrogen-bond donors (Lipinski definition) is 1. The van der Waals surface area contributed by atoms with Gasteiger partial charge in [-0.3, -0.25) is 9.35 Å². The summed E-state index contributed by atoms with van der Waals surface area (Å²) >= 11 is 0. The van der Waals surface area contributed by atoms with E-state index in [4.69, 9.17) is 32.8 Å². The van der Waals surface area contributed by atoms with E-state index in [2.05, 4.69) is 4.74 Å². The topological polar surface area (TPSA) is 107 Å². The summed E-state index contributed by atoms with van der Waals surface area (Å²) in [5, 5.41) is 0. The van der Waals surface area contributed by atoms with Gasteiger partial charge in [-0.1, -0.05) is 42.2 Å². The minimum Gasteiger partial charge on any atom is -0.455 e. The number of esters is 2. The van der Waals surface area contributed by atoms with Crippen molar-refractivity contribution in [3.8, 4) is 0 Å². The van der Waals surface area contributed by atoms with E-state index in [0.717, 1.165) is 0 Å². The van der Waals surface area contributed by atoms with Gasteiger partial charge in [-0.25, -0.2) is 4.79 Å². The lowest BCUT2D eigenvalue weighted by atomic mass is 9.81. The molecule has 0 bridgehead atoms. The van der Waals surface area contributed by atoms with Crippen LogP contribution in [-0.2, 0) is 43.3 Å². The largest absolute Gasteiger partial charge is 0.455 e. The minimum atomic E-state index is -5.19. The summed E-state index contributed by atoms with van der Waals surface area (Å²) in [6.45, 7) is 0. The second kappa shape index (κ2) is 11.5. The van der Waals surface area contributed by atoms with Gasteiger partial charge in [-0.15, -0.1) is 0 Å². The molecule has 1 aromatic carbocycles. The molecular formula is C20H20B3F3O7S. The van der Waals surface area contributed by atoms with Crippen LogP contribution in [0.25, 0.3) is 0 Å². The van der Waals surface area contributed by atoms with Gasteiger partial charge in [0.25, 0.3) is 10.1 Å². The summed E-state index contributed by atoms with van der Waals surface area (Å²) in [6.07, 6.45) is -6.05. The van der Waals surface area contributed by atoms with Gasteiger partial charge in [0.05, 0.1) is 35.0 Å². The zero-order valence-electron chi connectivity index (χ0n) is 18.0. The molecule has 1 N–H and O–H groups in total. The number of halogens is 3. The summed E-state index contributed by atoms with van der Waals surface area (Å²) in [6, 6.07) is 3.29. The Balaban J connectivity index is 2.09. The minimum absolute atomic E-state index is 0.0234. The Hall–Kier alpha value is -2.21. The van der Waals surface area contributed by atoms with E-state index in [1.165, 1.54) is 12.2 Å². The lowest BCUT2D eigenvalue weighted by molar-refractivity contribution is -0.217. The molecule has 0 amide bonds. The van der Waals surface area contributed by atoms with Gasteiger partial charge >= 0.3 is 18.1 Å². The SMILES string of the molecule is [B]Cc1cc(C[B])c(C[B])c(C(=O)OC2C=CC(C(=O)OC(CS(=O)(=O)O)C(F)(F)F)CC2)c1. The van der Waals surface area contributed by atoms with Crippen LogP contribution in [0.15, 0.2) is 24.3 Å². The van der Waals surface area contributed by atoms with Gasteiger partial charge in [-0.05, 0) is 30.5 Å². The van der Waals surface area contributed by atoms with Crippen LogP contribution in [0, 0.1) is 5.92 Å². The zero-order chi connectivity index (χ0) is 25.7. The highest BCUT2D eigenvalue weighted by Gasteiger charge is 2.46. The lowest BCUT2D eigenvalue weighted by Crippen LogP contribution is -2.41. The third-order valence-corrected chi connectivity index (χ3v) is 5.87.